The number of aromatic nitrogens is 1. The Morgan fingerprint density at radius 3 is 2.17 bits per heavy atom. The van der Waals surface area contributed by atoms with Gasteiger partial charge in [-0.2, -0.15) is 26.3 Å². The predicted octanol–water partition coefficient (Wildman–Crippen LogP) is 6.58. The number of likely N-dealkylation sites (tertiary alicyclic amines) is 1. The summed E-state index contributed by atoms with van der Waals surface area (Å²) in [4.78, 5) is 21.1. The van der Waals surface area contributed by atoms with Crippen LogP contribution in [0.5, 0.6) is 0 Å². The topological polar surface area (TPSA) is 54.8 Å². The molecule has 1 aromatic heterocycles. The second-order valence-electron chi connectivity index (χ2n) is 8.32. The van der Waals surface area contributed by atoms with Crippen molar-refractivity contribution in [2.75, 3.05) is 13.1 Å². The highest BCUT2D eigenvalue weighted by molar-refractivity contribution is 6.48. The molecular weight excluding hydrogens is 566 g/mol. The zero-order chi connectivity index (χ0) is 26.7. The Morgan fingerprint density at radius 2 is 1.67 bits per heavy atom. The molecule has 36 heavy (non-hydrogen) atoms. The van der Waals surface area contributed by atoms with Crippen LogP contribution in [0.15, 0.2) is 35.6 Å². The molecule has 1 atom stereocenters. The molecule has 2 aliphatic heterocycles. The molecule has 2 aliphatic rings. The molecule has 1 saturated heterocycles. The molecule has 0 bridgehead atoms. The van der Waals surface area contributed by atoms with Crippen LogP contribution in [0, 0.1) is 0 Å². The summed E-state index contributed by atoms with van der Waals surface area (Å²) in [7, 11) is 0. The maximum atomic E-state index is 15.0. The van der Waals surface area contributed by atoms with Crippen LogP contribution in [-0.4, -0.2) is 46.9 Å². The monoisotopic (exact) mass is 577 g/mol. The van der Waals surface area contributed by atoms with E-state index in [2.05, 4.69) is 10.1 Å². The zero-order valence-corrected chi connectivity index (χ0v) is 19.9. The molecule has 1 aromatic carbocycles. The van der Waals surface area contributed by atoms with E-state index in [0.29, 0.717) is 4.90 Å². The number of benzene rings is 1. The Hall–Kier alpha value is -2.31. The number of carbonyl (C=O) groups excluding carboxylic acids is 1. The van der Waals surface area contributed by atoms with E-state index in [1.54, 1.807) is 0 Å². The maximum absolute atomic E-state index is 15.0. The fourth-order valence-electron chi connectivity index (χ4n) is 3.86. The second-order valence-corrected chi connectivity index (χ2v) is 9.52. The maximum Gasteiger partial charge on any atom is 0.435 e. The van der Waals surface area contributed by atoms with Gasteiger partial charge in [-0.25, -0.2) is 4.39 Å². The molecule has 0 saturated carbocycles. The van der Waals surface area contributed by atoms with Crippen molar-refractivity contribution in [2.45, 2.75) is 36.5 Å². The van der Waals surface area contributed by atoms with Crippen LogP contribution >= 0.6 is 34.8 Å². The standard InChI is InChI=1S/C21H13Cl3F7N3O2/c22-12-3-11(4-13(23)17(12)24)19(21(29,30)31)5-14(33-36-19)10-1-2-15(32-7-10)18(25)8-34(9-18)16(35)6-20(26,27)28/h1-4,7H,5-6,8-9H2. The van der Waals surface area contributed by atoms with Gasteiger partial charge in [0.25, 0.3) is 5.60 Å². The molecule has 0 spiro atoms. The Kier molecular flexibility index (Phi) is 6.62. The lowest BCUT2D eigenvalue weighted by Crippen LogP contribution is -2.59. The first-order chi connectivity index (χ1) is 16.5. The molecule has 0 aliphatic carbocycles. The molecule has 2 aromatic rings. The molecule has 194 valence electrons. The highest BCUT2D eigenvalue weighted by Crippen LogP contribution is 2.50. The summed E-state index contributed by atoms with van der Waals surface area (Å²) in [5.74, 6) is -1.27. The minimum absolute atomic E-state index is 0.0870. The molecule has 0 N–H and O–H groups in total. The van der Waals surface area contributed by atoms with Crippen molar-refractivity contribution in [3.05, 3.63) is 62.4 Å². The normalized spacial score (nSPS) is 21.6. The van der Waals surface area contributed by atoms with E-state index in [4.69, 9.17) is 39.6 Å². The average molecular weight is 579 g/mol. The molecule has 1 amide bonds. The summed E-state index contributed by atoms with van der Waals surface area (Å²) < 4.78 is 94.6. The van der Waals surface area contributed by atoms with Gasteiger partial charge in [-0.1, -0.05) is 40.0 Å². The molecule has 15 heteroatoms. The SMILES string of the molecule is O=C(CC(F)(F)F)N1CC(F)(c2ccc(C3=NOC(c4cc(Cl)c(Cl)c(Cl)c4)(C(F)(F)F)C3)cn2)C1. The molecule has 3 heterocycles. The number of carbonyl (C=O) groups is 1. The number of hydrogen-bond acceptors (Lipinski definition) is 4. The smallest absolute Gasteiger partial charge is 0.374 e. The van der Waals surface area contributed by atoms with Crippen LogP contribution < -0.4 is 0 Å². The van der Waals surface area contributed by atoms with Crippen LogP contribution in [0.2, 0.25) is 15.1 Å². The number of pyridine rings is 1. The Bertz CT molecular complexity index is 1210. The number of halogens is 10. The largest absolute Gasteiger partial charge is 0.435 e. The number of nitrogens with zero attached hydrogens (tertiary/aromatic N) is 3. The third kappa shape index (κ3) is 4.82. The Labute approximate surface area is 213 Å². The van der Waals surface area contributed by atoms with Gasteiger partial charge in [0.1, 0.15) is 6.42 Å². The van der Waals surface area contributed by atoms with Gasteiger partial charge in [0, 0.05) is 17.3 Å². The van der Waals surface area contributed by atoms with Crippen molar-refractivity contribution in [2.24, 2.45) is 5.16 Å². The predicted molar refractivity (Wildman–Crippen MR) is 116 cm³/mol. The number of rotatable bonds is 4. The fourth-order valence-corrected chi connectivity index (χ4v) is 4.45. The summed E-state index contributed by atoms with van der Waals surface area (Å²) in [5, 5.41) is 2.99. The first-order valence-corrected chi connectivity index (χ1v) is 11.2. The van der Waals surface area contributed by atoms with Crippen molar-refractivity contribution in [1.82, 2.24) is 9.88 Å². The van der Waals surface area contributed by atoms with Crippen molar-refractivity contribution in [3.63, 3.8) is 0 Å². The van der Waals surface area contributed by atoms with Gasteiger partial charge < -0.3 is 9.74 Å². The minimum Gasteiger partial charge on any atom is -0.374 e. The van der Waals surface area contributed by atoms with Crippen molar-refractivity contribution >= 4 is 46.4 Å². The summed E-state index contributed by atoms with van der Waals surface area (Å²) >= 11 is 17.6. The molecule has 4 rings (SSSR count). The van der Waals surface area contributed by atoms with Crippen LogP contribution in [0.25, 0.3) is 0 Å². The highest BCUT2D eigenvalue weighted by Gasteiger charge is 2.62. The molecule has 0 radical (unpaired) electrons. The van der Waals surface area contributed by atoms with E-state index in [1.807, 2.05) is 0 Å². The molecule has 1 unspecified atom stereocenters. The second kappa shape index (κ2) is 8.91. The van der Waals surface area contributed by atoms with Gasteiger partial charge in [-0.05, 0) is 24.3 Å². The van der Waals surface area contributed by atoms with Gasteiger partial charge in [-0.3, -0.25) is 9.78 Å². The molecule has 1 fully saturated rings. The highest BCUT2D eigenvalue weighted by atomic mass is 35.5. The van der Waals surface area contributed by atoms with Gasteiger partial charge in [0.05, 0.1) is 46.0 Å². The van der Waals surface area contributed by atoms with E-state index in [-0.39, 0.29) is 32.0 Å². The van der Waals surface area contributed by atoms with Gasteiger partial charge in [0.2, 0.25) is 5.91 Å². The van der Waals surface area contributed by atoms with Gasteiger partial charge in [-0.15, -0.1) is 0 Å². The Morgan fingerprint density at radius 1 is 1.06 bits per heavy atom. The summed E-state index contributed by atoms with van der Waals surface area (Å²) in [6.07, 6.45) is -11.1. The molecular formula is C21H13Cl3F7N3O2. The van der Waals surface area contributed by atoms with E-state index in [0.717, 1.165) is 24.4 Å². The first-order valence-electron chi connectivity index (χ1n) is 10.0. The quantitative estimate of drug-likeness (QED) is 0.304. The zero-order valence-electron chi connectivity index (χ0n) is 17.7. The summed E-state index contributed by atoms with van der Waals surface area (Å²) in [5.41, 5.74) is -5.81. The lowest BCUT2D eigenvalue weighted by Gasteiger charge is -2.44. The number of amides is 1. The summed E-state index contributed by atoms with van der Waals surface area (Å²) in [6, 6.07) is 4.35. The van der Waals surface area contributed by atoms with E-state index in [1.165, 1.54) is 6.07 Å². The van der Waals surface area contributed by atoms with E-state index >= 15 is 4.39 Å². The van der Waals surface area contributed by atoms with Gasteiger partial charge >= 0.3 is 12.4 Å². The average Bonchev–Trinajstić information content (AvgIpc) is 3.21. The number of oxime groups is 1. The Balaban J connectivity index is 1.52. The van der Waals surface area contributed by atoms with Crippen LogP contribution in [0.4, 0.5) is 30.7 Å². The van der Waals surface area contributed by atoms with Crippen LogP contribution in [0.3, 0.4) is 0 Å². The van der Waals surface area contributed by atoms with Crippen LogP contribution in [-0.2, 0) is 20.9 Å². The summed E-state index contributed by atoms with van der Waals surface area (Å²) in [6.45, 7) is -1.26. The fraction of sp³-hybridized carbons (Fsp3) is 0.381. The van der Waals surface area contributed by atoms with Crippen molar-refractivity contribution < 1.29 is 40.4 Å². The van der Waals surface area contributed by atoms with Crippen molar-refractivity contribution in [3.8, 4) is 0 Å². The number of hydrogen-bond donors (Lipinski definition) is 0. The van der Waals surface area contributed by atoms with E-state index in [9.17, 15) is 31.1 Å². The first kappa shape index (κ1) is 26.7. The number of alkyl halides is 7. The minimum atomic E-state index is -4.95. The van der Waals surface area contributed by atoms with E-state index < -0.39 is 61.0 Å². The van der Waals surface area contributed by atoms with Crippen LogP contribution in [0.1, 0.15) is 29.7 Å². The van der Waals surface area contributed by atoms with Gasteiger partial charge in [0.15, 0.2) is 5.67 Å². The molecule has 5 nitrogen and oxygen atoms in total. The third-order valence-electron chi connectivity index (χ3n) is 5.78. The lowest BCUT2D eigenvalue weighted by atomic mass is 9.86. The lowest BCUT2D eigenvalue weighted by molar-refractivity contribution is -0.275. The van der Waals surface area contributed by atoms with Crippen molar-refractivity contribution in [1.29, 1.82) is 0 Å². The third-order valence-corrected chi connectivity index (χ3v) is 6.98.